The molecule has 2 nitrogen and oxygen atoms in total. The number of thiazole rings is 1. The van der Waals surface area contributed by atoms with Gasteiger partial charge in [-0.05, 0) is 24.6 Å². The number of nitrogens with one attached hydrogen (secondary N) is 1. The smallest absolute Gasteiger partial charge is 0.184 e. The lowest BCUT2D eigenvalue weighted by Crippen LogP contribution is -2.00. The number of nitrogens with zero attached hydrogens (tertiary/aromatic N) is 1. The Morgan fingerprint density at radius 3 is 2.79 bits per heavy atom. The third-order valence-corrected chi connectivity index (χ3v) is 3.99. The van der Waals surface area contributed by atoms with Crippen LogP contribution >= 0.6 is 11.3 Å². The number of hydrogen-bond donors (Lipinski definition) is 1. The van der Waals surface area contributed by atoms with Crippen LogP contribution < -0.4 is 5.32 Å². The number of hydrogen-bond acceptors (Lipinski definition) is 3. The van der Waals surface area contributed by atoms with Crippen LogP contribution in [0.3, 0.4) is 0 Å². The summed E-state index contributed by atoms with van der Waals surface area (Å²) in [4.78, 5) is 4.54. The molecule has 0 unspecified atom stereocenters. The summed E-state index contributed by atoms with van der Waals surface area (Å²) in [6.07, 6.45) is 0. The fourth-order valence-corrected chi connectivity index (χ4v) is 2.91. The van der Waals surface area contributed by atoms with Gasteiger partial charge in [0.2, 0.25) is 0 Å². The normalized spacial score (nSPS) is 10.8. The van der Waals surface area contributed by atoms with E-state index in [-0.39, 0.29) is 5.82 Å². The predicted octanol–water partition coefficient (Wildman–Crippen LogP) is 4.36. The van der Waals surface area contributed by atoms with Gasteiger partial charge in [0.15, 0.2) is 5.13 Å². The van der Waals surface area contributed by atoms with Crippen molar-refractivity contribution in [1.82, 2.24) is 4.98 Å². The molecular formula is C15H13FN2S. The zero-order valence-electron chi connectivity index (χ0n) is 10.5. The standard InChI is InChI=1S/C15H13FN2S/c1-10-5-4-8-13-14(10)18-15(19-13)17-9-11-6-2-3-7-12(11)16/h2-8H,9H2,1H3,(H,17,18). The molecule has 3 aromatic rings. The Morgan fingerprint density at radius 1 is 1.16 bits per heavy atom. The maximum atomic E-state index is 13.5. The lowest BCUT2D eigenvalue weighted by molar-refractivity contribution is 0.613. The summed E-state index contributed by atoms with van der Waals surface area (Å²) in [5.41, 5.74) is 2.83. The fraction of sp³-hybridized carbons (Fsp3) is 0.133. The maximum absolute atomic E-state index is 13.5. The molecule has 3 rings (SSSR count). The minimum Gasteiger partial charge on any atom is -0.357 e. The van der Waals surface area contributed by atoms with E-state index >= 15 is 0 Å². The molecule has 0 bridgehead atoms. The minimum absolute atomic E-state index is 0.188. The first-order valence-corrected chi connectivity index (χ1v) is 6.89. The SMILES string of the molecule is Cc1cccc2sc(NCc3ccccc3F)nc12. The Hall–Kier alpha value is -1.94. The van der Waals surface area contributed by atoms with Gasteiger partial charge in [-0.1, -0.05) is 41.7 Å². The van der Waals surface area contributed by atoms with Crippen LogP contribution in [0.2, 0.25) is 0 Å². The topological polar surface area (TPSA) is 24.9 Å². The predicted molar refractivity (Wildman–Crippen MR) is 78.1 cm³/mol. The first-order chi connectivity index (χ1) is 9.24. The second kappa shape index (κ2) is 4.97. The molecule has 1 heterocycles. The van der Waals surface area contributed by atoms with Crippen LogP contribution in [0.1, 0.15) is 11.1 Å². The van der Waals surface area contributed by atoms with Gasteiger partial charge in [-0.3, -0.25) is 0 Å². The van der Waals surface area contributed by atoms with Crippen molar-refractivity contribution in [2.75, 3.05) is 5.32 Å². The number of halogens is 1. The van der Waals surface area contributed by atoms with Gasteiger partial charge >= 0.3 is 0 Å². The van der Waals surface area contributed by atoms with Crippen LogP contribution in [0.4, 0.5) is 9.52 Å². The molecule has 19 heavy (non-hydrogen) atoms. The molecule has 0 aliphatic rings. The van der Waals surface area contributed by atoms with Crippen LogP contribution in [0.25, 0.3) is 10.2 Å². The molecule has 0 aliphatic heterocycles. The van der Waals surface area contributed by atoms with Gasteiger partial charge in [-0.2, -0.15) is 0 Å². The Labute approximate surface area is 114 Å². The van der Waals surface area contributed by atoms with Gasteiger partial charge in [-0.15, -0.1) is 0 Å². The minimum atomic E-state index is -0.188. The number of para-hydroxylation sites is 1. The Bertz CT molecular complexity index is 721. The molecule has 2 aromatic carbocycles. The lowest BCUT2D eigenvalue weighted by Gasteiger charge is -2.03. The highest BCUT2D eigenvalue weighted by Crippen LogP contribution is 2.28. The van der Waals surface area contributed by atoms with Crippen molar-refractivity contribution in [3.63, 3.8) is 0 Å². The van der Waals surface area contributed by atoms with Crippen molar-refractivity contribution in [2.24, 2.45) is 0 Å². The second-order valence-electron chi connectivity index (χ2n) is 4.39. The van der Waals surface area contributed by atoms with Crippen LogP contribution in [0, 0.1) is 12.7 Å². The number of aromatic nitrogens is 1. The van der Waals surface area contributed by atoms with Crippen molar-refractivity contribution in [3.8, 4) is 0 Å². The molecule has 0 saturated heterocycles. The van der Waals surface area contributed by atoms with Crippen molar-refractivity contribution in [1.29, 1.82) is 0 Å². The van der Waals surface area contributed by atoms with Crippen LogP contribution in [-0.4, -0.2) is 4.98 Å². The molecule has 0 aliphatic carbocycles. The van der Waals surface area contributed by atoms with E-state index in [1.807, 2.05) is 31.2 Å². The average Bonchev–Trinajstić information content (AvgIpc) is 2.82. The highest BCUT2D eigenvalue weighted by molar-refractivity contribution is 7.22. The van der Waals surface area contributed by atoms with E-state index in [1.54, 1.807) is 23.5 Å². The molecule has 0 fully saturated rings. The molecule has 1 N–H and O–H groups in total. The molecular weight excluding hydrogens is 259 g/mol. The van der Waals surface area contributed by atoms with Crippen LogP contribution in [0.5, 0.6) is 0 Å². The summed E-state index contributed by atoms with van der Waals surface area (Å²) >= 11 is 1.59. The van der Waals surface area contributed by atoms with E-state index in [4.69, 9.17) is 0 Å². The van der Waals surface area contributed by atoms with E-state index in [9.17, 15) is 4.39 Å². The number of rotatable bonds is 3. The second-order valence-corrected chi connectivity index (χ2v) is 5.42. The highest BCUT2D eigenvalue weighted by Gasteiger charge is 2.06. The summed E-state index contributed by atoms with van der Waals surface area (Å²) in [6, 6.07) is 12.9. The molecule has 4 heteroatoms. The van der Waals surface area contributed by atoms with E-state index < -0.39 is 0 Å². The van der Waals surface area contributed by atoms with E-state index in [0.717, 1.165) is 20.9 Å². The summed E-state index contributed by atoms with van der Waals surface area (Å²) in [5.74, 6) is -0.188. The van der Waals surface area contributed by atoms with Crippen molar-refractivity contribution in [3.05, 3.63) is 59.4 Å². The number of benzene rings is 2. The molecule has 0 radical (unpaired) electrons. The van der Waals surface area contributed by atoms with E-state index in [1.165, 1.54) is 6.07 Å². The van der Waals surface area contributed by atoms with Gasteiger partial charge in [0.1, 0.15) is 5.82 Å². The van der Waals surface area contributed by atoms with E-state index in [0.29, 0.717) is 12.1 Å². The number of aryl methyl sites for hydroxylation is 1. The van der Waals surface area contributed by atoms with Gasteiger partial charge in [0, 0.05) is 12.1 Å². The Balaban J connectivity index is 1.83. The van der Waals surface area contributed by atoms with Gasteiger partial charge < -0.3 is 5.32 Å². The summed E-state index contributed by atoms with van der Waals surface area (Å²) in [6.45, 7) is 2.49. The number of anilines is 1. The highest BCUT2D eigenvalue weighted by atomic mass is 32.1. The molecule has 0 spiro atoms. The largest absolute Gasteiger partial charge is 0.357 e. The number of fused-ring (bicyclic) bond motifs is 1. The lowest BCUT2D eigenvalue weighted by atomic mass is 10.2. The first-order valence-electron chi connectivity index (χ1n) is 6.07. The third kappa shape index (κ3) is 2.44. The van der Waals surface area contributed by atoms with Crippen molar-refractivity contribution >= 4 is 26.7 Å². The summed E-state index contributed by atoms with van der Waals surface area (Å²) < 4.78 is 14.7. The monoisotopic (exact) mass is 272 g/mol. The Kier molecular flexibility index (Phi) is 3.17. The molecule has 0 saturated carbocycles. The first kappa shape index (κ1) is 12.1. The quantitative estimate of drug-likeness (QED) is 0.766. The van der Waals surface area contributed by atoms with E-state index in [2.05, 4.69) is 10.3 Å². The zero-order chi connectivity index (χ0) is 13.2. The molecule has 0 amide bonds. The van der Waals surface area contributed by atoms with Gasteiger partial charge in [0.05, 0.1) is 10.2 Å². The zero-order valence-corrected chi connectivity index (χ0v) is 11.3. The van der Waals surface area contributed by atoms with Gasteiger partial charge in [0.25, 0.3) is 0 Å². The third-order valence-electron chi connectivity index (χ3n) is 3.01. The molecule has 1 aromatic heterocycles. The Morgan fingerprint density at radius 2 is 2.00 bits per heavy atom. The van der Waals surface area contributed by atoms with Crippen LogP contribution in [-0.2, 0) is 6.54 Å². The maximum Gasteiger partial charge on any atom is 0.184 e. The molecule has 0 atom stereocenters. The summed E-state index contributed by atoms with van der Waals surface area (Å²) in [7, 11) is 0. The van der Waals surface area contributed by atoms with Gasteiger partial charge in [-0.25, -0.2) is 9.37 Å². The molecule has 96 valence electrons. The average molecular weight is 272 g/mol. The van der Waals surface area contributed by atoms with Crippen molar-refractivity contribution in [2.45, 2.75) is 13.5 Å². The summed E-state index contributed by atoms with van der Waals surface area (Å²) in [5, 5.41) is 4.01. The van der Waals surface area contributed by atoms with Crippen molar-refractivity contribution < 1.29 is 4.39 Å². The fourth-order valence-electron chi connectivity index (χ4n) is 1.97. The van der Waals surface area contributed by atoms with Crippen LogP contribution in [0.15, 0.2) is 42.5 Å².